The zero-order valence-electron chi connectivity index (χ0n) is 10.5. The third-order valence-electron chi connectivity index (χ3n) is 3.27. The lowest BCUT2D eigenvalue weighted by Crippen LogP contribution is -2.06. The third-order valence-corrected chi connectivity index (χ3v) is 3.27. The van der Waals surface area contributed by atoms with Crippen LogP contribution >= 0.6 is 0 Å². The molecule has 0 aliphatic carbocycles. The number of benzene rings is 1. The minimum Gasteiger partial charge on any atom is -0.477 e. The zero-order chi connectivity index (χ0) is 12.7. The number of aromatic nitrogens is 1. The largest absolute Gasteiger partial charge is 0.477 e. The van der Waals surface area contributed by atoms with E-state index in [1.54, 1.807) is 11.6 Å². The van der Waals surface area contributed by atoms with Crippen LogP contribution in [0.3, 0.4) is 0 Å². The molecule has 0 aliphatic rings. The minimum atomic E-state index is -0.888. The van der Waals surface area contributed by atoms with Crippen LogP contribution < -0.4 is 5.32 Å². The molecule has 2 aromatic rings. The molecule has 0 saturated carbocycles. The zero-order valence-corrected chi connectivity index (χ0v) is 10.5. The van der Waals surface area contributed by atoms with Gasteiger partial charge in [0.25, 0.3) is 0 Å². The fourth-order valence-electron chi connectivity index (χ4n) is 2.45. The second-order valence-electron chi connectivity index (χ2n) is 4.24. The molecule has 0 saturated heterocycles. The van der Waals surface area contributed by atoms with E-state index in [9.17, 15) is 9.90 Å². The van der Waals surface area contributed by atoms with E-state index in [-0.39, 0.29) is 0 Å². The van der Waals surface area contributed by atoms with Crippen molar-refractivity contribution < 1.29 is 9.90 Å². The molecule has 0 fully saturated rings. The maximum Gasteiger partial charge on any atom is 0.352 e. The van der Waals surface area contributed by atoms with Crippen LogP contribution in [0.15, 0.2) is 12.1 Å². The lowest BCUT2D eigenvalue weighted by Gasteiger charge is -2.09. The Kier molecular flexibility index (Phi) is 2.58. The van der Waals surface area contributed by atoms with Crippen LogP contribution in [0.4, 0.5) is 5.69 Å². The fraction of sp³-hybridized carbons (Fsp3) is 0.308. The van der Waals surface area contributed by atoms with E-state index in [0.717, 1.165) is 27.7 Å². The summed E-state index contributed by atoms with van der Waals surface area (Å²) in [7, 11) is 3.64. The molecule has 0 spiro atoms. The first-order valence-electron chi connectivity index (χ1n) is 5.48. The standard InChI is InChI=1S/C13H16N2O2/c1-7-5-6-9-8(2)11(13(16)17)15(4)12(9)10(7)14-3/h5-6,14H,1-4H3,(H,16,17). The molecule has 2 N–H and O–H groups in total. The van der Waals surface area contributed by atoms with E-state index in [1.165, 1.54) is 0 Å². The van der Waals surface area contributed by atoms with Gasteiger partial charge in [0.05, 0.1) is 11.2 Å². The SMILES string of the molecule is CNc1c(C)ccc2c(C)c(C(=O)O)n(C)c12. The van der Waals surface area contributed by atoms with Gasteiger partial charge in [-0.15, -0.1) is 0 Å². The van der Waals surface area contributed by atoms with E-state index in [0.29, 0.717) is 5.69 Å². The van der Waals surface area contributed by atoms with E-state index in [1.807, 2.05) is 33.0 Å². The van der Waals surface area contributed by atoms with Gasteiger partial charge in [-0.1, -0.05) is 12.1 Å². The third kappa shape index (κ3) is 1.48. The molecule has 0 radical (unpaired) electrons. The van der Waals surface area contributed by atoms with Crippen LogP contribution in [0.2, 0.25) is 0 Å². The molecule has 17 heavy (non-hydrogen) atoms. The van der Waals surface area contributed by atoms with Gasteiger partial charge in [-0.25, -0.2) is 4.79 Å². The highest BCUT2D eigenvalue weighted by atomic mass is 16.4. The Hall–Kier alpha value is -1.97. The molecule has 4 nitrogen and oxygen atoms in total. The molecular weight excluding hydrogens is 216 g/mol. The number of nitrogens with one attached hydrogen (secondary N) is 1. The second-order valence-corrected chi connectivity index (χ2v) is 4.24. The molecule has 1 aromatic carbocycles. The number of rotatable bonds is 2. The molecule has 0 bridgehead atoms. The van der Waals surface area contributed by atoms with Crippen molar-refractivity contribution >= 4 is 22.6 Å². The number of hydrogen-bond donors (Lipinski definition) is 2. The number of nitrogens with zero attached hydrogens (tertiary/aromatic N) is 1. The summed E-state index contributed by atoms with van der Waals surface area (Å²) in [5.74, 6) is -0.888. The van der Waals surface area contributed by atoms with Gasteiger partial charge in [0.2, 0.25) is 0 Å². The predicted molar refractivity (Wildman–Crippen MR) is 68.9 cm³/mol. The van der Waals surface area contributed by atoms with Gasteiger partial charge in [0.1, 0.15) is 5.69 Å². The summed E-state index contributed by atoms with van der Waals surface area (Å²) >= 11 is 0. The van der Waals surface area contributed by atoms with Crippen molar-refractivity contribution in [2.24, 2.45) is 7.05 Å². The van der Waals surface area contributed by atoms with Gasteiger partial charge in [0.15, 0.2) is 0 Å². The Balaban J connectivity index is 2.98. The van der Waals surface area contributed by atoms with Gasteiger partial charge < -0.3 is 15.0 Å². The van der Waals surface area contributed by atoms with E-state index < -0.39 is 5.97 Å². The quantitative estimate of drug-likeness (QED) is 0.836. The van der Waals surface area contributed by atoms with Gasteiger partial charge in [-0.2, -0.15) is 0 Å². The van der Waals surface area contributed by atoms with E-state index in [4.69, 9.17) is 0 Å². The molecule has 0 aliphatic heterocycles. The summed E-state index contributed by atoms with van der Waals surface area (Å²) in [6.45, 7) is 3.86. The monoisotopic (exact) mass is 232 g/mol. The number of anilines is 1. The smallest absolute Gasteiger partial charge is 0.352 e. The molecule has 1 aromatic heterocycles. The van der Waals surface area contributed by atoms with Crippen LogP contribution in [0.5, 0.6) is 0 Å². The number of carboxylic acid groups (broad SMARTS) is 1. The summed E-state index contributed by atoms with van der Waals surface area (Å²) in [5.41, 5.74) is 4.20. The van der Waals surface area contributed by atoms with Crippen LogP contribution in [0.25, 0.3) is 10.9 Å². The van der Waals surface area contributed by atoms with Crippen molar-refractivity contribution in [3.05, 3.63) is 29.0 Å². The maximum atomic E-state index is 11.3. The van der Waals surface area contributed by atoms with Crippen LogP contribution in [0.1, 0.15) is 21.6 Å². The van der Waals surface area contributed by atoms with Gasteiger partial charge in [-0.05, 0) is 25.0 Å². The van der Waals surface area contributed by atoms with Crippen molar-refractivity contribution in [1.82, 2.24) is 4.57 Å². The summed E-state index contributed by atoms with van der Waals surface area (Å²) in [6.07, 6.45) is 0. The molecular formula is C13H16N2O2. The lowest BCUT2D eigenvalue weighted by atomic mass is 10.1. The van der Waals surface area contributed by atoms with Crippen LogP contribution in [0, 0.1) is 13.8 Å². The van der Waals surface area contributed by atoms with Crippen molar-refractivity contribution in [3.63, 3.8) is 0 Å². The highest BCUT2D eigenvalue weighted by Gasteiger charge is 2.19. The highest BCUT2D eigenvalue weighted by molar-refractivity contribution is 6.03. The summed E-state index contributed by atoms with van der Waals surface area (Å²) in [5, 5.41) is 13.4. The van der Waals surface area contributed by atoms with Crippen molar-refractivity contribution in [2.45, 2.75) is 13.8 Å². The Morgan fingerprint density at radius 3 is 2.53 bits per heavy atom. The van der Waals surface area contributed by atoms with Crippen LogP contribution in [-0.4, -0.2) is 22.7 Å². The van der Waals surface area contributed by atoms with Crippen molar-refractivity contribution in [1.29, 1.82) is 0 Å². The summed E-state index contributed by atoms with van der Waals surface area (Å²) in [4.78, 5) is 11.3. The molecule has 90 valence electrons. The molecule has 2 rings (SSSR count). The molecule has 0 atom stereocenters. The van der Waals surface area contributed by atoms with E-state index >= 15 is 0 Å². The average molecular weight is 232 g/mol. The topological polar surface area (TPSA) is 54.3 Å². The highest BCUT2D eigenvalue weighted by Crippen LogP contribution is 2.32. The number of fused-ring (bicyclic) bond motifs is 1. The summed E-state index contributed by atoms with van der Waals surface area (Å²) in [6, 6.07) is 3.99. The Morgan fingerprint density at radius 2 is 2.00 bits per heavy atom. The van der Waals surface area contributed by atoms with Gasteiger partial charge in [-0.3, -0.25) is 0 Å². The normalized spacial score (nSPS) is 10.8. The molecule has 1 heterocycles. The first-order chi connectivity index (χ1) is 7.99. The van der Waals surface area contributed by atoms with Crippen LogP contribution in [-0.2, 0) is 7.05 Å². The Labute approximate surface area is 99.9 Å². The second kappa shape index (κ2) is 3.80. The number of carboxylic acids is 1. The summed E-state index contributed by atoms with van der Waals surface area (Å²) < 4.78 is 1.74. The van der Waals surface area contributed by atoms with Crippen molar-refractivity contribution in [2.75, 3.05) is 12.4 Å². The van der Waals surface area contributed by atoms with Crippen molar-refractivity contribution in [3.8, 4) is 0 Å². The van der Waals surface area contributed by atoms with E-state index in [2.05, 4.69) is 5.32 Å². The fourth-order valence-corrected chi connectivity index (χ4v) is 2.45. The Morgan fingerprint density at radius 1 is 1.35 bits per heavy atom. The Bertz CT molecular complexity index is 612. The predicted octanol–water partition coefficient (Wildman–Crippen LogP) is 2.54. The van der Waals surface area contributed by atoms with Gasteiger partial charge >= 0.3 is 5.97 Å². The minimum absolute atomic E-state index is 0.349. The maximum absolute atomic E-state index is 11.3. The first-order valence-corrected chi connectivity index (χ1v) is 5.48. The number of aromatic carboxylic acids is 1. The molecule has 4 heteroatoms. The molecule has 0 unspecified atom stereocenters. The first kappa shape index (κ1) is 11.5. The average Bonchev–Trinajstić information content (AvgIpc) is 2.51. The number of hydrogen-bond acceptors (Lipinski definition) is 2. The molecule has 0 amide bonds. The lowest BCUT2D eigenvalue weighted by molar-refractivity contribution is 0.0686. The number of aryl methyl sites for hydroxylation is 3. The van der Waals surface area contributed by atoms with Gasteiger partial charge in [0, 0.05) is 19.5 Å². The number of carbonyl (C=O) groups is 1.